The molecule has 2 nitrogen and oxygen atoms in total. The predicted molar refractivity (Wildman–Crippen MR) is 167 cm³/mol. The summed E-state index contributed by atoms with van der Waals surface area (Å²) in [4.78, 5) is 7.50. The van der Waals surface area contributed by atoms with Crippen molar-refractivity contribution in [3.63, 3.8) is 0 Å². The van der Waals surface area contributed by atoms with Crippen LogP contribution in [0, 0.1) is 17.8 Å². The summed E-state index contributed by atoms with van der Waals surface area (Å²) in [7, 11) is 0. The number of benzene rings is 3. The molecule has 3 aliphatic rings. The molecule has 2 heteroatoms. The lowest BCUT2D eigenvalue weighted by Crippen LogP contribution is -2.46. The lowest BCUT2D eigenvalue weighted by Gasteiger charge is -2.51. The number of hydrogen-bond acceptors (Lipinski definition) is 2. The smallest absolute Gasteiger partial charge is 0.0669 e. The molecule has 39 heavy (non-hydrogen) atoms. The minimum Gasteiger partial charge on any atom is -0.367 e. The van der Waals surface area contributed by atoms with E-state index < -0.39 is 0 Å². The first-order valence-corrected chi connectivity index (χ1v) is 14.0. The van der Waals surface area contributed by atoms with Gasteiger partial charge in [-0.3, -0.25) is 4.99 Å². The molecule has 1 aliphatic carbocycles. The van der Waals surface area contributed by atoms with E-state index in [2.05, 4.69) is 125 Å². The third kappa shape index (κ3) is 4.33. The molecule has 0 aromatic heterocycles. The fourth-order valence-corrected chi connectivity index (χ4v) is 7.06. The van der Waals surface area contributed by atoms with Crippen molar-refractivity contribution in [3.8, 4) is 0 Å². The van der Waals surface area contributed by atoms with E-state index in [-0.39, 0.29) is 10.8 Å². The highest BCUT2D eigenvalue weighted by atomic mass is 15.1. The molecular weight excluding hydrogens is 472 g/mol. The molecule has 0 saturated heterocycles. The second-order valence-electron chi connectivity index (χ2n) is 12.2. The molecule has 1 unspecified atom stereocenters. The minimum atomic E-state index is -0.0312. The molecule has 196 valence electrons. The van der Waals surface area contributed by atoms with Crippen LogP contribution in [0.2, 0.25) is 0 Å². The summed E-state index contributed by atoms with van der Waals surface area (Å²) in [5.74, 6) is 0. The topological polar surface area (TPSA) is 15.6 Å². The van der Waals surface area contributed by atoms with E-state index in [1.165, 1.54) is 33.4 Å². The predicted octanol–water partition coefficient (Wildman–Crippen LogP) is 9.05. The van der Waals surface area contributed by atoms with Crippen molar-refractivity contribution in [3.05, 3.63) is 131 Å². The molecule has 0 amide bonds. The zero-order valence-corrected chi connectivity index (χ0v) is 23.7. The Morgan fingerprint density at radius 3 is 2.51 bits per heavy atom. The zero-order valence-electron chi connectivity index (χ0n) is 23.7. The van der Waals surface area contributed by atoms with Gasteiger partial charge in [-0.2, -0.15) is 0 Å². The van der Waals surface area contributed by atoms with Crippen LogP contribution in [-0.4, -0.2) is 23.7 Å². The van der Waals surface area contributed by atoms with Gasteiger partial charge in [0.25, 0.3) is 0 Å². The Morgan fingerprint density at radius 2 is 1.74 bits per heavy atom. The number of fused-ring (bicyclic) bond motifs is 2. The molecule has 0 N–H and O–H groups in total. The number of allylic oxidation sites excluding steroid dienone is 2. The monoisotopic (exact) mass is 510 g/mol. The highest BCUT2D eigenvalue weighted by molar-refractivity contribution is 6.09. The largest absolute Gasteiger partial charge is 0.367 e. The maximum atomic E-state index is 5.03. The van der Waals surface area contributed by atoms with E-state index in [0.29, 0.717) is 0 Å². The third-order valence-electron chi connectivity index (χ3n) is 9.05. The van der Waals surface area contributed by atoms with Crippen molar-refractivity contribution < 1.29 is 0 Å². The number of aryl methyl sites for hydroxylation is 1. The molecule has 0 bridgehead atoms. The maximum Gasteiger partial charge on any atom is 0.0669 e. The third-order valence-corrected chi connectivity index (χ3v) is 9.05. The lowest BCUT2D eigenvalue weighted by atomic mass is 9.58. The van der Waals surface area contributed by atoms with E-state index in [1.807, 2.05) is 6.08 Å². The van der Waals surface area contributed by atoms with Crippen molar-refractivity contribution >= 4 is 28.7 Å². The summed E-state index contributed by atoms with van der Waals surface area (Å²) >= 11 is 0. The van der Waals surface area contributed by atoms with Gasteiger partial charge in [0.1, 0.15) is 0 Å². The average Bonchev–Trinajstić information content (AvgIpc) is 3.35. The molecule has 0 radical (unpaired) electrons. The second-order valence-corrected chi connectivity index (χ2v) is 12.2. The molecule has 6 rings (SSSR count). The Balaban J connectivity index is 1.28. The summed E-state index contributed by atoms with van der Waals surface area (Å²) in [5.41, 5.74) is 13.8. The van der Waals surface area contributed by atoms with Crippen molar-refractivity contribution in [2.24, 2.45) is 15.8 Å². The first-order chi connectivity index (χ1) is 18.7. The van der Waals surface area contributed by atoms with Crippen LogP contribution in [0.25, 0.3) is 17.3 Å². The Morgan fingerprint density at radius 1 is 0.974 bits per heavy atom. The van der Waals surface area contributed by atoms with E-state index in [1.54, 1.807) is 5.57 Å². The fraction of sp³-hybridized carbons (Fsp3) is 0.270. The molecule has 0 fully saturated rings. The van der Waals surface area contributed by atoms with Gasteiger partial charge >= 0.3 is 0 Å². The van der Waals surface area contributed by atoms with Crippen LogP contribution in [0.4, 0.5) is 5.69 Å². The molecule has 0 spiro atoms. The van der Waals surface area contributed by atoms with Gasteiger partial charge in [0.2, 0.25) is 0 Å². The summed E-state index contributed by atoms with van der Waals surface area (Å²) < 4.78 is 0. The first kappa shape index (κ1) is 25.4. The van der Waals surface area contributed by atoms with Gasteiger partial charge in [-0.1, -0.05) is 124 Å². The zero-order chi connectivity index (χ0) is 27.4. The quantitative estimate of drug-likeness (QED) is 0.313. The fourth-order valence-electron chi connectivity index (χ4n) is 7.06. The Hall–Kier alpha value is -3.91. The van der Waals surface area contributed by atoms with Gasteiger partial charge in [-0.25, -0.2) is 0 Å². The van der Waals surface area contributed by atoms with E-state index in [4.69, 9.17) is 4.99 Å². The normalized spacial score (nSPS) is 21.3. The van der Waals surface area contributed by atoms with Crippen LogP contribution in [-0.2, 0) is 6.42 Å². The van der Waals surface area contributed by atoms with Gasteiger partial charge in [0.15, 0.2) is 0 Å². The summed E-state index contributed by atoms with van der Waals surface area (Å²) in [6.07, 6.45) is 8.76. The van der Waals surface area contributed by atoms with Crippen LogP contribution in [0.15, 0.2) is 103 Å². The van der Waals surface area contributed by atoms with Crippen LogP contribution >= 0.6 is 0 Å². The summed E-state index contributed by atoms with van der Waals surface area (Å²) in [5, 5.41) is 0. The van der Waals surface area contributed by atoms with Gasteiger partial charge in [-0.15, -0.1) is 0 Å². The van der Waals surface area contributed by atoms with Gasteiger partial charge in [-0.05, 0) is 41.7 Å². The molecule has 2 heterocycles. The van der Waals surface area contributed by atoms with Crippen molar-refractivity contribution in [1.29, 1.82) is 0 Å². The molecule has 3 aromatic carbocycles. The molecule has 2 aliphatic heterocycles. The Bertz CT molecular complexity index is 1580. The second kappa shape index (κ2) is 9.38. The number of hydrogen-bond donors (Lipinski definition) is 0. The van der Waals surface area contributed by atoms with Gasteiger partial charge < -0.3 is 4.90 Å². The van der Waals surface area contributed by atoms with E-state index in [9.17, 15) is 0 Å². The highest BCUT2D eigenvalue weighted by Crippen LogP contribution is 2.55. The minimum absolute atomic E-state index is 0.0312. The van der Waals surface area contributed by atoms with Gasteiger partial charge in [0.05, 0.1) is 11.4 Å². The van der Waals surface area contributed by atoms with E-state index >= 15 is 0 Å². The maximum absolute atomic E-state index is 5.03. The molecule has 3 aromatic rings. The van der Waals surface area contributed by atoms with Crippen LogP contribution < -0.4 is 0 Å². The van der Waals surface area contributed by atoms with E-state index in [0.717, 1.165) is 48.6 Å². The lowest BCUT2D eigenvalue weighted by molar-refractivity contribution is 0.219. The number of rotatable bonds is 5. The molecule has 1 atom stereocenters. The first-order valence-electron chi connectivity index (χ1n) is 14.0. The Kier molecular flexibility index (Phi) is 6.10. The standard InChI is InChI=1S/C37H38N2/c1-7-27-13-15-28(16-14-27)32-18-20-37(6)24-39(21-19-35(37)36(32,4)5)26(3)30-10-8-9-11-31(30)34-23-29-22-25(2)12-17-33(29)38-34/h7-19,22H,1,3,20-21,23-24H2,2,4-6H3. The summed E-state index contributed by atoms with van der Waals surface area (Å²) in [6.45, 7) is 19.7. The van der Waals surface area contributed by atoms with Crippen molar-refractivity contribution in [2.45, 2.75) is 40.5 Å². The summed E-state index contributed by atoms with van der Waals surface area (Å²) in [6, 6.07) is 24.0. The van der Waals surface area contributed by atoms with Crippen LogP contribution in [0.3, 0.4) is 0 Å². The highest BCUT2D eigenvalue weighted by Gasteiger charge is 2.46. The average molecular weight is 511 g/mol. The van der Waals surface area contributed by atoms with Crippen LogP contribution in [0.5, 0.6) is 0 Å². The number of nitrogens with zero attached hydrogens (tertiary/aromatic N) is 2. The van der Waals surface area contributed by atoms with Crippen molar-refractivity contribution in [2.75, 3.05) is 13.1 Å². The SMILES string of the molecule is C=Cc1ccc(C2=CCC3(C)CN(C(=C)c4ccccc4C4=Nc5ccc(C)cc5C4)CC=C3C2(C)C)cc1. The van der Waals surface area contributed by atoms with Gasteiger partial charge in [0, 0.05) is 47.2 Å². The van der Waals surface area contributed by atoms with Crippen LogP contribution in [0.1, 0.15) is 60.6 Å². The van der Waals surface area contributed by atoms with Crippen molar-refractivity contribution in [1.82, 2.24) is 4.90 Å². The molecular formula is C37H38N2. The number of aliphatic imine (C=N–C) groups is 1. The molecule has 0 saturated carbocycles. The Labute approximate surface area is 233 Å².